The number of benzene rings is 2. The zero-order valence-electron chi connectivity index (χ0n) is 13.2. The van der Waals surface area contributed by atoms with Crippen LogP contribution in [0, 0.1) is 5.92 Å². The van der Waals surface area contributed by atoms with Crippen LogP contribution in [-0.4, -0.2) is 6.04 Å². The Labute approximate surface area is 133 Å². The molecule has 2 N–H and O–H groups in total. The van der Waals surface area contributed by atoms with Gasteiger partial charge < -0.3 is 5.73 Å². The summed E-state index contributed by atoms with van der Waals surface area (Å²) in [7, 11) is 0. The van der Waals surface area contributed by atoms with Crippen LogP contribution in [0.4, 0.5) is 0 Å². The van der Waals surface area contributed by atoms with E-state index in [9.17, 15) is 0 Å². The summed E-state index contributed by atoms with van der Waals surface area (Å²) in [6.07, 6.45) is 7.44. The van der Waals surface area contributed by atoms with E-state index >= 15 is 0 Å². The molecule has 1 fully saturated rings. The molecule has 0 radical (unpaired) electrons. The lowest BCUT2D eigenvalue weighted by molar-refractivity contribution is 0.233. The Morgan fingerprint density at radius 1 is 0.955 bits per heavy atom. The SMILES string of the molecule is NC1C2CCCCC1(Cc1ccccc1)c1ccccc1C2. The molecule has 3 unspecified atom stereocenters. The summed E-state index contributed by atoms with van der Waals surface area (Å²) < 4.78 is 0. The first-order chi connectivity index (χ1) is 10.8. The van der Waals surface area contributed by atoms with Gasteiger partial charge in [0.05, 0.1) is 0 Å². The predicted molar refractivity (Wildman–Crippen MR) is 91.9 cm³/mol. The number of hydrogen-bond donors (Lipinski definition) is 1. The van der Waals surface area contributed by atoms with E-state index in [0.717, 1.165) is 6.42 Å². The minimum absolute atomic E-state index is 0.136. The van der Waals surface area contributed by atoms with Crippen molar-refractivity contribution >= 4 is 0 Å². The Hall–Kier alpha value is -1.60. The third kappa shape index (κ3) is 2.19. The molecule has 1 heteroatoms. The van der Waals surface area contributed by atoms with E-state index in [0.29, 0.717) is 12.0 Å². The van der Waals surface area contributed by atoms with Crippen LogP contribution in [0.1, 0.15) is 42.4 Å². The quantitative estimate of drug-likeness (QED) is 0.880. The summed E-state index contributed by atoms with van der Waals surface area (Å²) in [6.45, 7) is 0. The molecule has 22 heavy (non-hydrogen) atoms. The van der Waals surface area contributed by atoms with E-state index in [1.165, 1.54) is 43.2 Å². The summed E-state index contributed by atoms with van der Waals surface area (Å²) in [5.74, 6) is 0.654. The molecule has 0 spiro atoms. The van der Waals surface area contributed by atoms with Gasteiger partial charge in [0.25, 0.3) is 0 Å². The van der Waals surface area contributed by atoms with Crippen molar-refractivity contribution in [3.63, 3.8) is 0 Å². The van der Waals surface area contributed by atoms with Crippen molar-refractivity contribution < 1.29 is 0 Å². The molecule has 0 amide bonds. The highest BCUT2D eigenvalue weighted by molar-refractivity contribution is 5.42. The molecule has 1 saturated carbocycles. The maximum Gasteiger partial charge on any atom is 0.0171 e. The fourth-order valence-corrected chi connectivity index (χ4v) is 4.92. The van der Waals surface area contributed by atoms with E-state index < -0.39 is 0 Å². The van der Waals surface area contributed by atoms with E-state index in [1.807, 2.05) is 0 Å². The third-order valence-corrected chi connectivity index (χ3v) is 5.99. The van der Waals surface area contributed by atoms with Crippen molar-refractivity contribution in [2.75, 3.05) is 0 Å². The highest BCUT2D eigenvalue weighted by atomic mass is 14.7. The first-order valence-electron chi connectivity index (χ1n) is 8.67. The molecule has 0 saturated heterocycles. The molecule has 3 atom stereocenters. The summed E-state index contributed by atoms with van der Waals surface area (Å²) >= 11 is 0. The second kappa shape index (κ2) is 5.55. The van der Waals surface area contributed by atoms with Gasteiger partial charge in [-0.2, -0.15) is 0 Å². The molecular weight excluding hydrogens is 266 g/mol. The van der Waals surface area contributed by atoms with Gasteiger partial charge in [0.1, 0.15) is 0 Å². The highest BCUT2D eigenvalue weighted by Gasteiger charge is 2.47. The average Bonchev–Trinajstić information content (AvgIpc) is 2.66. The molecule has 2 aromatic rings. The molecule has 114 valence electrons. The van der Waals surface area contributed by atoms with Crippen LogP contribution in [0.3, 0.4) is 0 Å². The van der Waals surface area contributed by atoms with Gasteiger partial charge in [0, 0.05) is 11.5 Å². The van der Waals surface area contributed by atoms with E-state index in [2.05, 4.69) is 54.6 Å². The Morgan fingerprint density at radius 3 is 2.59 bits per heavy atom. The first-order valence-corrected chi connectivity index (χ1v) is 8.67. The molecule has 2 bridgehead atoms. The van der Waals surface area contributed by atoms with Gasteiger partial charge in [-0.05, 0) is 48.3 Å². The molecule has 4 rings (SSSR count). The van der Waals surface area contributed by atoms with Crippen molar-refractivity contribution in [3.8, 4) is 0 Å². The van der Waals surface area contributed by atoms with Crippen LogP contribution >= 0.6 is 0 Å². The van der Waals surface area contributed by atoms with Crippen LogP contribution in [0.2, 0.25) is 0 Å². The summed E-state index contributed by atoms with van der Waals surface area (Å²) in [4.78, 5) is 0. The zero-order chi connectivity index (χ0) is 15.0. The third-order valence-electron chi connectivity index (χ3n) is 5.99. The maximum atomic E-state index is 6.88. The fourth-order valence-electron chi connectivity index (χ4n) is 4.92. The average molecular weight is 291 g/mol. The van der Waals surface area contributed by atoms with Crippen LogP contribution in [0.5, 0.6) is 0 Å². The lowest BCUT2D eigenvalue weighted by atomic mass is 9.59. The zero-order valence-corrected chi connectivity index (χ0v) is 13.2. The molecule has 0 aromatic heterocycles. The Morgan fingerprint density at radius 2 is 1.73 bits per heavy atom. The molecule has 0 aliphatic heterocycles. The van der Waals surface area contributed by atoms with Gasteiger partial charge in [-0.25, -0.2) is 0 Å². The van der Waals surface area contributed by atoms with Crippen molar-refractivity contribution in [1.29, 1.82) is 0 Å². The molecule has 2 aliphatic rings. The predicted octanol–water partition coefficient (Wildman–Crippen LogP) is 4.24. The summed E-state index contributed by atoms with van der Waals surface area (Å²) in [6, 6.07) is 20.3. The van der Waals surface area contributed by atoms with E-state index in [4.69, 9.17) is 5.73 Å². The molecule has 2 aliphatic carbocycles. The number of hydrogen-bond acceptors (Lipinski definition) is 1. The monoisotopic (exact) mass is 291 g/mol. The molecular formula is C21H25N. The van der Waals surface area contributed by atoms with Gasteiger partial charge >= 0.3 is 0 Å². The Balaban J connectivity index is 1.84. The van der Waals surface area contributed by atoms with Crippen molar-refractivity contribution in [2.45, 2.75) is 50.0 Å². The number of nitrogens with two attached hydrogens (primary N) is 1. The second-order valence-corrected chi connectivity index (χ2v) is 7.21. The topological polar surface area (TPSA) is 26.0 Å². The van der Waals surface area contributed by atoms with Gasteiger partial charge in [0.2, 0.25) is 0 Å². The first kappa shape index (κ1) is 14.0. The minimum Gasteiger partial charge on any atom is -0.327 e. The van der Waals surface area contributed by atoms with Gasteiger partial charge in [0.15, 0.2) is 0 Å². The number of fused-ring (bicyclic) bond motifs is 4. The highest BCUT2D eigenvalue weighted by Crippen LogP contribution is 2.48. The lowest BCUT2D eigenvalue weighted by Gasteiger charge is -2.47. The Kier molecular flexibility index (Phi) is 3.54. The van der Waals surface area contributed by atoms with E-state index in [1.54, 1.807) is 5.56 Å². The van der Waals surface area contributed by atoms with E-state index in [-0.39, 0.29) is 5.41 Å². The smallest absolute Gasteiger partial charge is 0.0171 e. The normalized spacial score (nSPS) is 30.4. The van der Waals surface area contributed by atoms with Crippen molar-refractivity contribution in [3.05, 3.63) is 71.3 Å². The van der Waals surface area contributed by atoms with Crippen LogP contribution in [0.25, 0.3) is 0 Å². The Bertz CT molecular complexity index is 648. The fraction of sp³-hybridized carbons (Fsp3) is 0.429. The van der Waals surface area contributed by atoms with Crippen LogP contribution in [-0.2, 0) is 18.3 Å². The van der Waals surface area contributed by atoms with Gasteiger partial charge in [-0.1, -0.05) is 67.4 Å². The van der Waals surface area contributed by atoms with Crippen molar-refractivity contribution in [2.24, 2.45) is 11.7 Å². The lowest BCUT2D eigenvalue weighted by Crippen LogP contribution is -2.54. The molecule has 2 aromatic carbocycles. The van der Waals surface area contributed by atoms with Crippen LogP contribution in [0.15, 0.2) is 54.6 Å². The van der Waals surface area contributed by atoms with Gasteiger partial charge in [-0.3, -0.25) is 0 Å². The minimum atomic E-state index is 0.136. The number of rotatable bonds is 2. The van der Waals surface area contributed by atoms with Gasteiger partial charge in [-0.15, -0.1) is 0 Å². The largest absolute Gasteiger partial charge is 0.327 e. The van der Waals surface area contributed by atoms with Crippen LogP contribution < -0.4 is 5.73 Å². The summed E-state index contributed by atoms with van der Waals surface area (Å²) in [5, 5.41) is 0. The van der Waals surface area contributed by atoms with Crippen molar-refractivity contribution in [1.82, 2.24) is 0 Å². The maximum absolute atomic E-state index is 6.88. The standard InChI is InChI=1S/C21H25N/c22-20-18-11-6-7-13-21(20,15-16-8-2-1-3-9-16)19-12-5-4-10-17(19)14-18/h1-5,8-10,12,18,20H,6-7,11,13-15,22H2. The second-order valence-electron chi connectivity index (χ2n) is 7.21. The molecule has 1 nitrogen and oxygen atoms in total. The summed E-state index contributed by atoms with van der Waals surface area (Å²) in [5.41, 5.74) is 11.5. The molecule has 0 heterocycles.